The Kier molecular flexibility index (Phi) is 3.61. The number of ketones is 1. The van der Waals surface area contributed by atoms with Gasteiger partial charge in [0.2, 0.25) is 0 Å². The predicted molar refractivity (Wildman–Crippen MR) is 65.3 cm³/mol. The lowest BCUT2D eigenvalue weighted by molar-refractivity contribution is -0.133. The van der Waals surface area contributed by atoms with E-state index < -0.39 is 5.60 Å². The number of carbonyl (C=O) groups is 2. The third-order valence-electron chi connectivity index (χ3n) is 3.27. The number of rotatable bonds is 0. The average Bonchev–Trinajstić information content (AvgIpc) is 2.25. The van der Waals surface area contributed by atoms with Gasteiger partial charge in [-0.25, -0.2) is 4.79 Å². The first-order valence-corrected chi connectivity index (χ1v) is 6.50. The van der Waals surface area contributed by atoms with E-state index in [1.165, 1.54) is 0 Å². The van der Waals surface area contributed by atoms with E-state index in [1.807, 2.05) is 20.8 Å². The molecule has 0 spiro atoms. The lowest BCUT2D eigenvalue weighted by Gasteiger charge is -2.43. The fourth-order valence-electron chi connectivity index (χ4n) is 2.48. The van der Waals surface area contributed by atoms with Crippen molar-refractivity contribution in [3.8, 4) is 0 Å². The highest BCUT2D eigenvalue weighted by atomic mass is 16.6. The van der Waals surface area contributed by atoms with Crippen LogP contribution in [0.3, 0.4) is 0 Å². The third-order valence-corrected chi connectivity index (χ3v) is 3.27. The smallest absolute Gasteiger partial charge is 0.410 e. The molecule has 0 N–H and O–H groups in total. The fraction of sp³-hybridized carbons (Fsp3) is 0.846. The van der Waals surface area contributed by atoms with E-state index in [4.69, 9.17) is 9.47 Å². The van der Waals surface area contributed by atoms with Crippen molar-refractivity contribution in [3.63, 3.8) is 0 Å². The molecule has 2 aliphatic rings. The number of morpholine rings is 1. The Morgan fingerprint density at radius 3 is 2.83 bits per heavy atom. The largest absolute Gasteiger partial charge is 0.444 e. The van der Waals surface area contributed by atoms with Gasteiger partial charge in [-0.05, 0) is 27.2 Å². The van der Waals surface area contributed by atoms with Gasteiger partial charge in [-0.3, -0.25) is 9.69 Å². The maximum absolute atomic E-state index is 12.1. The summed E-state index contributed by atoms with van der Waals surface area (Å²) < 4.78 is 11.0. The van der Waals surface area contributed by atoms with Crippen LogP contribution in [0.25, 0.3) is 0 Å². The number of Topliss-reactive ketones (excluding diaryl/α,β-unsaturated/α-hetero) is 1. The van der Waals surface area contributed by atoms with Gasteiger partial charge in [0.1, 0.15) is 11.4 Å². The summed E-state index contributed by atoms with van der Waals surface area (Å²) in [5.41, 5.74) is -0.510. The molecule has 0 bridgehead atoms. The molecule has 1 aliphatic heterocycles. The van der Waals surface area contributed by atoms with Gasteiger partial charge in [-0.1, -0.05) is 0 Å². The van der Waals surface area contributed by atoms with E-state index in [9.17, 15) is 9.59 Å². The minimum absolute atomic E-state index is 0.0102. The molecular weight excluding hydrogens is 234 g/mol. The highest BCUT2D eigenvalue weighted by Crippen LogP contribution is 2.27. The van der Waals surface area contributed by atoms with E-state index in [-0.39, 0.29) is 24.0 Å². The summed E-state index contributed by atoms with van der Waals surface area (Å²) in [5, 5.41) is 0. The molecule has 1 saturated carbocycles. The standard InChI is InChI=1S/C13H21NO4/c1-13(2,3)18-12(16)14-6-7-17-11-5-4-9(15)8-10(11)14/h10-11H,4-8H2,1-3H3. The maximum Gasteiger partial charge on any atom is 0.410 e. The van der Waals surface area contributed by atoms with Gasteiger partial charge in [0.25, 0.3) is 0 Å². The number of hydrogen-bond acceptors (Lipinski definition) is 4. The first-order valence-electron chi connectivity index (χ1n) is 6.50. The van der Waals surface area contributed by atoms with E-state index in [0.717, 1.165) is 0 Å². The van der Waals surface area contributed by atoms with E-state index in [0.29, 0.717) is 32.4 Å². The van der Waals surface area contributed by atoms with Crippen molar-refractivity contribution in [2.45, 2.75) is 57.8 Å². The van der Waals surface area contributed by atoms with Gasteiger partial charge in [-0.15, -0.1) is 0 Å². The minimum Gasteiger partial charge on any atom is -0.444 e. The van der Waals surface area contributed by atoms with Crippen molar-refractivity contribution in [2.75, 3.05) is 13.2 Å². The van der Waals surface area contributed by atoms with Crippen LogP contribution in [0.2, 0.25) is 0 Å². The summed E-state index contributed by atoms with van der Waals surface area (Å²) >= 11 is 0. The minimum atomic E-state index is -0.510. The van der Waals surface area contributed by atoms with Crippen LogP contribution in [0.15, 0.2) is 0 Å². The Morgan fingerprint density at radius 2 is 2.17 bits per heavy atom. The fourth-order valence-corrected chi connectivity index (χ4v) is 2.48. The van der Waals surface area contributed by atoms with Gasteiger partial charge >= 0.3 is 6.09 Å². The normalized spacial score (nSPS) is 28.8. The summed E-state index contributed by atoms with van der Waals surface area (Å²) in [6.45, 7) is 6.55. The monoisotopic (exact) mass is 255 g/mol. The number of carbonyl (C=O) groups excluding carboxylic acids is 2. The highest BCUT2D eigenvalue weighted by Gasteiger charge is 2.40. The molecular formula is C13H21NO4. The zero-order valence-corrected chi connectivity index (χ0v) is 11.3. The van der Waals surface area contributed by atoms with Crippen molar-refractivity contribution < 1.29 is 19.1 Å². The number of hydrogen-bond donors (Lipinski definition) is 0. The summed E-state index contributed by atoms with van der Waals surface area (Å²) in [6.07, 6.45) is 1.32. The van der Waals surface area contributed by atoms with Crippen LogP contribution in [-0.4, -0.2) is 47.7 Å². The highest BCUT2D eigenvalue weighted by molar-refractivity contribution is 5.81. The van der Waals surface area contributed by atoms with Crippen LogP contribution in [0.5, 0.6) is 0 Å². The molecule has 0 aromatic carbocycles. The molecule has 2 fully saturated rings. The summed E-state index contributed by atoms with van der Waals surface area (Å²) in [6, 6.07) is -0.144. The number of fused-ring (bicyclic) bond motifs is 1. The molecule has 1 heterocycles. The van der Waals surface area contributed by atoms with Crippen LogP contribution in [0.1, 0.15) is 40.0 Å². The Balaban J connectivity index is 2.06. The molecule has 0 aromatic heterocycles. The molecule has 0 radical (unpaired) electrons. The maximum atomic E-state index is 12.1. The van der Waals surface area contributed by atoms with Crippen LogP contribution in [-0.2, 0) is 14.3 Å². The quantitative estimate of drug-likeness (QED) is 0.661. The van der Waals surface area contributed by atoms with E-state index >= 15 is 0 Å². The second-order valence-corrected chi connectivity index (χ2v) is 5.93. The van der Waals surface area contributed by atoms with Crippen molar-refractivity contribution in [3.05, 3.63) is 0 Å². The summed E-state index contributed by atoms with van der Waals surface area (Å²) in [5.74, 6) is 0.204. The van der Waals surface area contributed by atoms with Gasteiger partial charge in [-0.2, -0.15) is 0 Å². The molecule has 5 heteroatoms. The van der Waals surface area contributed by atoms with Crippen molar-refractivity contribution in [1.82, 2.24) is 4.90 Å². The predicted octanol–water partition coefficient (Wildman–Crippen LogP) is 1.74. The Bertz CT molecular complexity index is 347. The molecule has 2 rings (SSSR count). The molecule has 1 amide bonds. The molecule has 0 aromatic rings. The topological polar surface area (TPSA) is 55.8 Å². The van der Waals surface area contributed by atoms with Gasteiger partial charge in [0.15, 0.2) is 0 Å². The van der Waals surface area contributed by atoms with Gasteiger partial charge in [0, 0.05) is 19.4 Å². The molecule has 102 valence electrons. The zero-order chi connectivity index (χ0) is 13.3. The summed E-state index contributed by atoms with van der Waals surface area (Å²) in [7, 11) is 0. The second-order valence-electron chi connectivity index (χ2n) is 5.93. The Hall–Kier alpha value is -1.10. The first kappa shape index (κ1) is 13.3. The molecule has 2 unspecified atom stereocenters. The number of nitrogens with zero attached hydrogens (tertiary/aromatic N) is 1. The van der Waals surface area contributed by atoms with E-state index in [1.54, 1.807) is 4.90 Å². The number of ether oxygens (including phenoxy) is 2. The van der Waals surface area contributed by atoms with Crippen molar-refractivity contribution in [2.24, 2.45) is 0 Å². The van der Waals surface area contributed by atoms with Crippen LogP contribution in [0, 0.1) is 0 Å². The first-order chi connectivity index (χ1) is 8.37. The second kappa shape index (κ2) is 4.88. The lowest BCUT2D eigenvalue weighted by Crippen LogP contribution is -2.57. The Morgan fingerprint density at radius 1 is 1.44 bits per heavy atom. The molecule has 18 heavy (non-hydrogen) atoms. The molecule has 1 saturated heterocycles. The van der Waals surface area contributed by atoms with Crippen LogP contribution < -0.4 is 0 Å². The Labute approximate surface area is 107 Å². The van der Waals surface area contributed by atoms with Crippen molar-refractivity contribution in [1.29, 1.82) is 0 Å². The van der Waals surface area contributed by atoms with Gasteiger partial charge in [0.05, 0.1) is 18.8 Å². The third kappa shape index (κ3) is 3.02. The average molecular weight is 255 g/mol. The van der Waals surface area contributed by atoms with Crippen LogP contribution >= 0.6 is 0 Å². The van der Waals surface area contributed by atoms with Gasteiger partial charge < -0.3 is 9.47 Å². The SMILES string of the molecule is CC(C)(C)OC(=O)N1CCOC2CCC(=O)CC21. The summed E-state index contributed by atoms with van der Waals surface area (Å²) in [4.78, 5) is 25.3. The molecule has 2 atom stereocenters. The number of amides is 1. The molecule has 5 nitrogen and oxygen atoms in total. The molecule has 1 aliphatic carbocycles. The van der Waals surface area contributed by atoms with Crippen molar-refractivity contribution >= 4 is 11.9 Å². The van der Waals surface area contributed by atoms with E-state index in [2.05, 4.69) is 0 Å². The van der Waals surface area contributed by atoms with Crippen LogP contribution in [0.4, 0.5) is 4.79 Å². The lowest BCUT2D eigenvalue weighted by atomic mass is 9.89. The zero-order valence-electron chi connectivity index (χ0n) is 11.3.